The smallest absolute Gasteiger partial charge is 0.261 e. The summed E-state index contributed by atoms with van der Waals surface area (Å²) in [6.45, 7) is 8.58. The molecule has 1 aromatic carbocycles. The summed E-state index contributed by atoms with van der Waals surface area (Å²) in [7, 11) is 1.77. The summed E-state index contributed by atoms with van der Waals surface area (Å²) >= 11 is 1.78. The van der Waals surface area contributed by atoms with Crippen molar-refractivity contribution in [3.05, 3.63) is 46.2 Å². The van der Waals surface area contributed by atoms with Crippen LogP contribution < -0.4 is 9.64 Å². The summed E-state index contributed by atoms with van der Waals surface area (Å²) in [4.78, 5) is 30.2. The summed E-state index contributed by atoms with van der Waals surface area (Å²) in [5.41, 5.74) is 1.65. The molecule has 0 spiro atoms. The van der Waals surface area contributed by atoms with Crippen LogP contribution in [0, 0.1) is 5.41 Å². The quantitative estimate of drug-likeness (QED) is 0.714. The number of fused-ring (bicyclic) bond motifs is 1. The third-order valence-corrected chi connectivity index (χ3v) is 6.33. The van der Waals surface area contributed by atoms with Gasteiger partial charge in [-0.2, -0.15) is 0 Å². The molecule has 0 N–H and O–H groups in total. The van der Waals surface area contributed by atoms with Gasteiger partial charge in [-0.05, 0) is 54.1 Å². The van der Waals surface area contributed by atoms with Crippen LogP contribution in [0.3, 0.4) is 0 Å². The van der Waals surface area contributed by atoms with Crippen molar-refractivity contribution in [3.8, 4) is 5.75 Å². The maximum absolute atomic E-state index is 12.8. The van der Waals surface area contributed by atoms with E-state index in [0.29, 0.717) is 5.75 Å². The van der Waals surface area contributed by atoms with Gasteiger partial charge in [-0.1, -0.05) is 27.7 Å². The first-order valence-corrected chi connectivity index (χ1v) is 11.0. The molecule has 1 unspecified atom stereocenters. The number of amides is 2. The zero-order valence-electron chi connectivity index (χ0n) is 17.9. The van der Waals surface area contributed by atoms with Crippen LogP contribution >= 0.6 is 11.3 Å². The van der Waals surface area contributed by atoms with Crippen LogP contribution in [0.1, 0.15) is 50.6 Å². The average Bonchev–Trinajstić information content (AvgIpc) is 3.18. The second-order valence-electron chi connectivity index (χ2n) is 8.46. The van der Waals surface area contributed by atoms with E-state index in [2.05, 4.69) is 18.4 Å². The SMILES string of the molecule is CCC1c2ccsc2CCN1C(=O)COc1ccc(N(C)C(=O)C(C)(C)C)cc1. The summed E-state index contributed by atoms with van der Waals surface area (Å²) in [5.74, 6) is 0.683. The fourth-order valence-corrected chi connectivity index (χ4v) is 4.68. The van der Waals surface area contributed by atoms with E-state index in [0.717, 1.165) is 25.1 Å². The molecule has 1 aromatic heterocycles. The van der Waals surface area contributed by atoms with Crippen molar-refractivity contribution in [2.24, 2.45) is 5.41 Å². The first-order valence-electron chi connectivity index (χ1n) is 10.1. The van der Waals surface area contributed by atoms with E-state index in [1.807, 2.05) is 37.8 Å². The minimum absolute atomic E-state index is 0.0119. The van der Waals surface area contributed by atoms with Gasteiger partial charge in [-0.25, -0.2) is 0 Å². The molecule has 3 rings (SSSR count). The van der Waals surface area contributed by atoms with Crippen molar-refractivity contribution < 1.29 is 14.3 Å². The van der Waals surface area contributed by atoms with Crippen molar-refractivity contribution in [1.29, 1.82) is 0 Å². The molecule has 0 bridgehead atoms. The molecule has 2 heterocycles. The molecule has 0 fully saturated rings. The third kappa shape index (κ3) is 4.64. The monoisotopic (exact) mass is 414 g/mol. The van der Waals surface area contributed by atoms with E-state index < -0.39 is 5.41 Å². The van der Waals surface area contributed by atoms with E-state index in [1.165, 1.54) is 10.4 Å². The number of hydrogen-bond acceptors (Lipinski definition) is 4. The lowest BCUT2D eigenvalue weighted by atomic mass is 9.95. The van der Waals surface area contributed by atoms with Crippen LogP contribution in [-0.4, -0.2) is 36.9 Å². The first kappa shape index (κ1) is 21.4. The number of anilines is 1. The van der Waals surface area contributed by atoms with Crippen LogP contribution in [0.5, 0.6) is 5.75 Å². The van der Waals surface area contributed by atoms with Gasteiger partial charge in [0.15, 0.2) is 6.61 Å². The van der Waals surface area contributed by atoms with E-state index >= 15 is 0 Å². The summed E-state index contributed by atoms with van der Waals surface area (Å²) in [6.07, 6.45) is 1.82. The molecule has 29 heavy (non-hydrogen) atoms. The Balaban J connectivity index is 1.60. The fourth-order valence-electron chi connectivity index (χ4n) is 3.75. The predicted molar refractivity (Wildman–Crippen MR) is 118 cm³/mol. The normalized spacial score (nSPS) is 16.3. The van der Waals surface area contributed by atoms with Gasteiger partial charge in [-0.15, -0.1) is 11.3 Å². The number of nitrogens with zero attached hydrogens (tertiary/aromatic N) is 2. The molecule has 1 aliphatic heterocycles. The third-order valence-electron chi connectivity index (χ3n) is 5.33. The van der Waals surface area contributed by atoms with Crippen LogP contribution in [0.25, 0.3) is 0 Å². The van der Waals surface area contributed by atoms with Gasteiger partial charge in [0.05, 0.1) is 6.04 Å². The van der Waals surface area contributed by atoms with Crippen LogP contribution in [0.4, 0.5) is 5.69 Å². The van der Waals surface area contributed by atoms with Gasteiger partial charge in [0.25, 0.3) is 5.91 Å². The van der Waals surface area contributed by atoms with Crippen LogP contribution in [0.15, 0.2) is 35.7 Å². The van der Waals surface area contributed by atoms with Gasteiger partial charge in [0.2, 0.25) is 5.91 Å². The summed E-state index contributed by atoms with van der Waals surface area (Å²) in [6, 6.07) is 9.58. The molecule has 156 valence electrons. The highest BCUT2D eigenvalue weighted by Gasteiger charge is 2.30. The average molecular weight is 415 g/mol. The van der Waals surface area contributed by atoms with Crippen molar-refractivity contribution >= 4 is 28.8 Å². The number of rotatable bonds is 5. The molecule has 0 aliphatic carbocycles. The predicted octanol–water partition coefficient (Wildman–Crippen LogP) is 4.67. The van der Waals surface area contributed by atoms with E-state index in [1.54, 1.807) is 35.4 Å². The highest BCUT2D eigenvalue weighted by Crippen LogP contribution is 2.35. The van der Waals surface area contributed by atoms with Crippen LogP contribution in [0.2, 0.25) is 0 Å². The molecule has 1 aliphatic rings. The number of carbonyl (C=O) groups is 2. The van der Waals surface area contributed by atoms with E-state index in [-0.39, 0.29) is 24.5 Å². The van der Waals surface area contributed by atoms with Gasteiger partial charge in [0.1, 0.15) is 5.75 Å². The highest BCUT2D eigenvalue weighted by molar-refractivity contribution is 7.10. The molecule has 1 atom stereocenters. The fraction of sp³-hybridized carbons (Fsp3) is 0.478. The summed E-state index contributed by atoms with van der Waals surface area (Å²) in [5, 5.41) is 2.11. The molecule has 6 heteroatoms. The topological polar surface area (TPSA) is 49.9 Å². The zero-order valence-corrected chi connectivity index (χ0v) is 18.7. The molecule has 0 saturated carbocycles. The Morgan fingerprint density at radius 1 is 1.21 bits per heavy atom. The number of carbonyl (C=O) groups excluding carboxylic acids is 2. The zero-order chi connectivity index (χ0) is 21.2. The first-order chi connectivity index (χ1) is 13.7. The molecule has 0 saturated heterocycles. The number of thiophene rings is 1. The lowest BCUT2D eigenvalue weighted by Gasteiger charge is -2.35. The molecule has 2 amide bonds. The van der Waals surface area contributed by atoms with E-state index in [4.69, 9.17) is 4.74 Å². The van der Waals surface area contributed by atoms with Crippen LogP contribution in [-0.2, 0) is 16.0 Å². The Labute approximate surface area is 177 Å². The number of ether oxygens (including phenoxy) is 1. The highest BCUT2D eigenvalue weighted by atomic mass is 32.1. The van der Waals surface area contributed by atoms with Gasteiger partial charge in [-0.3, -0.25) is 9.59 Å². The molecule has 2 aromatic rings. The van der Waals surface area contributed by atoms with Gasteiger partial charge >= 0.3 is 0 Å². The number of hydrogen-bond donors (Lipinski definition) is 0. The van der Waals surface area contributed by atoms with Gasteiger partial charge < -0.3 is 14.5 Å². The second-order valence-corrected chi connectivity index (χ2v) is 9.46. The Morgan fingerprint density at radius 2 is 1.90 bits per heavy atom. The van der Waals surface area contributed by atoms with Gasteiger partial charge in [0, 0.05) is 29.6 Å². The van der Waals surface area contributed by atoms with Crippen molar-refractivity contribution in [1.82, 2.24) is 4.90 Å². The Hall–Kier alpha value is -2.34. The lowest BCUT2D eigenvalue weighted by molar-refractivity contribution is -0.136. The number of benzene rings is 1. The largest absolute Gasteiger partial charge is 0.484 e. The minimum atomic E-state index is -0.442. The molecular formula is C23H30N2O3S. The standard InChI is InChI=1S/C23H30N2O3S/c1-6-19-18-12-14-29-20(18)11-13-25(19)21(26)15-28-17-9-7-16(8-10-17)24(5)22(27)23(2,3)4/h7-10,12,14,19H,6,11,13,15H2,1-5H3. The summed E-state index contributed by atoms with van der Waals surface area (Å²) < 4.78 is 5.75. The maximum Gasteiger partial charge on any atom is 0.261 e. The Morgan fingerprint density at radius 3 is 2.52 bits per heavy atom. The van der Waals surface area contributed by atoms with E-state index in [9.17, 15) is 9.59 Å². The Bertz CT molecular complexity index is 867. The van der Waals surface area contributed by atoms with Crippen molar-refractivity contribution in [2.75, 3.05) is 25.1 Å². The maximum atomic E-state index is 12.8. The van der Waals surface area contributed by atoms with Crippen molar-refractivity contribution in [3.63, 3.8) is 0 Å². The lowest BCUT2D eigenvalue weighted by Crippen LogP contribution is -2.41. The molecular weight excluding hydrogens is 384 g/mol. The minimum Gasteiger partial charge on any atom is -0.484 e. The second kappa shape index (κ2) is 8.57. The molecule has 0 radical (unpaired) electrons. The molecule has 5 nitrogen and oxygen atoms in total. The Kier molecular flexibility index (Phi) is 6.32. The van der Waals surface area contributed by atoms with Crippen molar-refractivity contribution in [2.45, 2.75) is 46.6 Å².